The molecule has 0 saturated heterocycles. The van der Waals surface area contributed by atoms with E-state index in [4.69, 9.17) is 16.3 Å². The molecule has 36 heavy (non-hydrogen) atoms. The maximum absolute atomic E-state index is 13.1. The molecule has 9 nitrogen and oxygen atoms in total. The average molecular weight is 526 g/mol. The Balaban J connectivity index is 1.78. The number of rotatable bonds is 6. The lowest BCUT2D eigenvalue weighted by atomic mass is 10.0. The van der Waals surface area contributed by atoms with Gasteiger partial charge in [0.1, 0.15) is 16.3 Å². The SMILES string of the molecule is COc1cccc(NC(=O)c2cc3ccccc3c(N=Nc3cc(Cl)c(S(=O)(=O)O)cc3C)c2O)c1. The zero-order valence-corrected chi connectivity index (χ0v) is 20.6. The Hall–Kier alpha value is -3.99. The molecule has 0 heterocycles. The number of aromatic hydroxyl groups is 1. The van der Waals surface area contributed by atoms with E-state index < -0.39 is 26.7 Å². The van der Waals surface area contributed by atoms with Crippen molar-refractivity contribution in [3.05, 3.63) is 82.9 Å². The molecule has 4 aromatic rings. The number of azo groups is 1. The molecule has 0 fully saturated rings. The average Bonchev–Trinajstić information content (AvgIpc) is 2.84. The molecule has 0 bridgehead atoms. The predicted octanol–water partition coefficient (Wildman–Crippen LogP) is 6.43. The molecule has 0 saturated carbocycles. The number of carbonyl (C=O) groups excluding carboxylic acids is 1. The second-order valence-corrected chi connectivity index (χ2v) is 9.57. The van der Waals surface area contributed by atoms with Crippen LogP contribution in [0.1, 0.15) is 15.9 Å². The standard InChI is InChI=1S/C25H20ClN3O6S/c1-14-10-22(36(32,33)34)20(26)13-21(14)28-29-23-18-9-4-3-6-15(18)11-19(24(23)30)25(31)27-16-7-5-8-17(12-16)35-2/h3-13,30H,1-2H3,(H,27,31)(H,32,33,34). The summed E-state index contributed by atoms with van der Waals surface area (Å²) < 4.78 is 37.5. The number of phenolic OH excluding ortho intramolecular Hbond substituents is 1. The van der Waals surface area contributed by atoms with Crippen LogP contribution in [0.4, 0.5) is 17.1 Å². The largest absolute Gasteiger partial charge is 0.505 e. The lowest BCUT2D eigenvalue weighted by Gasteiger charge is -2.12. The Bertz CT molecular complexity index is 1640. The van der Waals surface area contributed by atoms with Crippen LogP contribution in [0.15, 0.2) is 81.9 Å². The number of phenols is 1. The number of aryl methyl sites for hydroxylation is 1. The quantitative estimate of drug-likeness (QED) is 0.196. The highest BCUT2D eigenvalue weighted by molar-refractivity contribution is 7.86. The van der Waals surface area contributed by atoms with Gasteiger partial charge >= 0.3 is 0 Å². The Morgan fingerprint density at radius 1 is 1.03 bits per heavy atom. The van der Waals surface area contributed by atoms with Crippen LogP contribution in [-0.4, -0.2) is 31.1 Å². The fraction of sp³-hybridized carbons (Fsp3) is 0.0800. The van der Waals surface area contributed by atoms with Crippen molar-refractivity contribution >= 4 is 55.5 Å². The predicted molar refractivity (Wildman–Crippen MR) is 137 cm³/mol. The van der Waals surface area contributed by atoms with Gasteiger partial charge in [0.05, 0.1) is 23.4 Å². The van der Waals surface area contributed by atoms with Crippen molar-refractivity contribution in [3.63, 3.8) is 0 Å². The number of halogens is 1. The molecule has 0 unspecified atom stereocenters. The van der Waals surface area contributed by atoms with Gasteiger partial charge < -0.3 is 15.2 Å². The second kappa shape index (κ2) is 9.94. The smallest absolute Gasteiger partial charge is 0.296 e. The molecule has 0 atom stereocenters. The van der Waals surface area contributed by atoms with E-state index in [-0.39, 0.29) is 22.0 Å². The van der Waals surface area contributed by atoms with Crippen molar-refractivity contribution in [3.8, 4) is 11.5 Å². The van der Waals surface area contributed by atoms with Crippen LogP contribution < -0.4 is 10.1 Å². The molecule has 11 heteroatoms. The van der Waals surface area contributed by atoms with Crippen LogP contribution in [0.2, 0.25) is 5.02 Å². The molecule has 0 aliphatic heterocycles. The van der Waals surface area contributed by atoms with Gasteiger partial charge in [-0.15, -0.1) is 5.11 Å². The summed E-state index contributed by atoms with van der Waals surface area (Å²) in [5.41, 5.74) is 1.06. The third kappa shape index (κ3) is 5.15. The highest BCUT2D eigenvalue weighted by Gasteiger charge is 2.20. The van der Waals surface area contributed by atoms with Gasteiger partial charge in [0, 0.05) is 17.1 Å². The van der Waals surface area contributed by atoms with Crippen LogP contribution in [0.3, 0.4) is 0 Å². The fourth-order valence-corrected chi connectivity index (χ4v) is 4.63. The molecule has 3 N–H and O–H groups in total. The van der Waals surface area contributed by atoms with Crippen molar-refractivity contribution in [2.45, 2.75) is 11.8 Å². The first-order chi connectivity index (χ1) is 17.1. The summed E-state index contributed by atoms with van der Waals surface area (Å²) in [4.78, 5) is 12.6. The van der Waals surface area contributed by atoms with Crippen molar-refractivity contribution in [2.24, 2.45) is 10.2 Å². The number of benzene rings is 4. The maximum Gasteiger partial charge on any atom is 0.296 e. The molecule has 184 valence electrons. The van der Waals surface area contributed by atoms with Crippen LogP contribution in [0.5, 0.6) is 11.5 Å². The van der Waals surface area contributed by atoms with Gasteiger partial charge in [-0.1, -0.05) is 41.9 Å². The number of fused-ring (bicyclic) bond motifs is 1. The van der Waals surface area contributed by atoms with E-state index in [0.29, 0.717) is 27.8 Å². The Labute approximate surface area is 211 Å². The molecule has 0 aliphatic rings. The number of hydrogen-bond acceptors (Lipinski definition) is 7. The molecule has 4 rings (SSSR count). The van der Waals surface area contributed by atoms with E-state index in [2.05, 4.69) is 15.5 Å². The van der Waals surface area contributed by atoms with Crippen molar-refractivity contribution in [1.82, 2.24) is 0 Å². The summed E-state index contributed by atoms with van der Waals surface area (Å²) in [7, 11) is -3.00. The van der Waals surface area contributed by atoms with Gasteiger partial charge in [0.2, 0.25) is 0 Å². The number of hydrogen-bond donors (Lipinski definition) is 3. The first kappa shape index (κ1) is 25.1. The molecular weight excluding hydrogens is 506 g/mol. The number of nitrogens with one attached hydrogen (secondary N) is 1. The Morgan fingerprint density at radius 3 is 2.50 bits per heavy atom. The molecule has 0 spiro atoms. The van der Waals surface area contributed by atoms with E-state index in [1.54, 1.807) is 61.5 Å². The molecule has 0 aliphatic carbocycles. The van der Waals surface area contributed by atoms with E-state index in [1.165, 1.54) is 19.2 Å². The van der Waals surface area contributed by atoms with Gasteiger partial charge in [-0.3, -0.25) is 9.35 Å². The van der Waals surface area contributed by atoms with Gasteiger partial charge in [-0.05, 0) is 48.2 Å². The molecule has 0 aromatic heterocycles. The first-order valence-electron chi connectivity index (χ1n) is 10.5. The first-order valence-corrected chi connectivity index (χ1v) is 12.3. The van der Waals surface area contributed by atoms with Gasteiger partial charge in [-0.2, -0.15) is 13.5 Å². The molecular formula is C25H20ClN3O6S. The third-order valence-electron chi connectivity index (χ3n) is 5.35. The minimum absolute atomic E-state index is 0.0260. The maximum atomic E-state index is 13.1. The number of ether oxygens (including phenoxy) is 1. The second-order valence-electron chi connectivity index (χ2n) is 7.77. The number of anilines is 1. The molecule has 0 radical (unpaired) electrons. The number of amides is 1. The molecule has 1 amide bonds. The van der Waals surface area contributed by atoms with Gasteiger partial charge in [0.25, 0.3) is 16.0 Å². The summed E-state index contributed by atoms with van der Waals surface area (Å²) in [6.45, 7) is 1.56. The van der Waals surface area contributed by atoms with Crippen LogP contribution >= 0.6 is 11.6 Å². The van der Waals surface area contributed by atoms with Crippen LogP contribution in [-0.2, 0) is 10.1 Å². The van der Waals surface area contributed by atoms with E-state index in [1.807, 2.05) is 0 Å². The summed E-state index contributed by atoms with van der Waals surface area (Å²) in [5.74, 6) is -0.407. The normalized spacial score (nSPS) is 11.7. The van der Waals surface area contributed by atoms with Crippen molar-refractivity contribution in [1.29, 1.82) is 0 Å². The lowest BCUT2D eigenvalue weighted by Crippen LogP contribution is -2.12. The van der Waals surface area contributed by atoms with E-state index in [0.717, 1.165) is 0 Å². The monoisotopic (exact) mass is 525 g/mol. The minimum atomic E-state index is -4.52. The topological polar surface area (TPSA) is 138 Å². The number of carbonyl (C=O) groups is 1. The zero-order valence-electron chi connectivity index (χ0n) is 19.1. The Morgan fingerprint density at radius 2 is 1.78 bits per heavy atom. The minimum Gasteiger partial charge on any atom is -0.505 e. The summed E-state index contributed by atoms with van der Waals surface area (Å²) in [5, 5.41) is 23.0. The number of methoxy groups -OCH3 is 1. The number of nitrogens with zero attached hydrogens (tertiary/aromatic N) is 2. The van der Waals surface area contributed by atoms with E-state index in [9.17, 15) is 22.9 Å². The van der Waals surface area contributed by atoms with Crippen LogP contribution in [0.25, 0.3) is 10.8 Å². The van der Waals surface area contributed by atoms with Gasteiger partial charge in [-0.25, -0.2) is 0 Å². The van der Waals surface area contributed by atoms with Gasteiger partial charge in [0.15, 0.2) is 5.75 Å². The van der Waals surface area contributed by atoms with Crippen LogP contribution in [0, 0.1) is 6.92 Å². The highest BCUT2D eigenvalue weighted by Crippen LogP contribution is 2.40. The fourth-order valence-electron chi connectivity index (χ4n) is 3.54. The lowest BCUT2D eigenvalue weighted by molar-refractivity contribution is 0.102. The van der Waals surface area contributed by atoms with E-state index >= 15 is 0 Å². The highest BCUT2D eigenvalue weighted by atomic mass is 35.5. The van der Waals surface area contributed by atoms with Crippen molar-refractivity contribution < 1.29 is 27.6 Å². The van der Waals surface area contributed by atoms with Crippen molar-refractivity contribution in [2.75, 3.05) is 12.4 Å². The summed E-state index contributed by atoms with van der Waals surface area (Å²) in [6, 6.07) is 17.7. The Kier molecular flexibility index (Phi) is 6.93. The molecule has 4 aromatic carbocycles. The summed E-state index contributed by atoms with van der Waals surface area (Å²) >= 11 is 6.01. The summed E-state index contributed by atoms with van der Waals surface area (Å²) in [6.07, 6.45) is 0. The zero-order chi connectivity index (χ0) is 26.0. The third-order valence-corrected chi connectivity index (χ3v) is 6.67.